The zero-order valence-corrected chi connectivity index (χ0v) is 16.0. The maximum Gasteiger partial charge on any atom is 0.248 e. The minimum atomic E-state index is -0.544. The number of ether oxygens (including phenoxy) is 2. The van der Waals surface area contributed by atoms with Gasteiger partial charge in [-0.15, -0.1) is 0 Å². The lowest BCUT2D eigenvalue weighted by atomic mass is 9.95. The number of amides is 1. The van der Waals surface area contributed by atoms with Crippen LogP contribution in [-0.4, -0.2) is 35.0 Å². The van der Waals surface area contributed by atoms with Gasteiger partial charge in [-0.1, -0.05) is 12.1 Å². The number of benzene rings is 2. The standard InChI is InChI=1S/C23H20N2O5/c24-23(28)16-3-1-14(2-4-16)22(15-7-9-25-10-8-15)30-18-5-6-19-20(11-18)29-13-17(12-26)21(19)27/h1-11,17,22,26H,12-13H2,(H2,24,28)/t17?,22-/m1/s1. The van der Waals surface area contributed by atoms with Crippen LogP contribution in [0, 0.1) is 5.92 Å². The van der Waals surface area contributed by atoms with E-state index in [2.05, 4.69) is 4.98 Å². The minimum absolute atomic E-state index is 0.133. The van der Waals surface area contributed by atoms with E-state index in [1.165, 1.54) is 0 Å². The summed E-state index contributed by atoms with van der Waals surface area (Å²) in [6, 6.07) is 15.6. The Hall–Kier alpha value is -3.71. The van der Waals surface area contributed by atoms with Gasteiger partial charge in [-0.05, 0) is 47.5 Å². The maximum atomic E-state index is 12.4. The lowest BCUT2D eigenvalue weighted by molar-refractivity contribution is 0.0737. The Morgan fingerprint density at radius 1 is 1.13 bits per heavy atom. The number of aliphatic hydroxyl groups excluding tert-OH is 1. The second kappa shape index (κ2) is 8.34. The number of hydrogen-bond donors (Lipinski definition) is 2. The van der Waals surface area contributed by atoms with E-state index < -0.39 is 17.9 Å². The van der Waals surface area contributed by atoms with Crippen molar-refractivity contribution in [3.8, 4) is 11.5 Å². The highest BCUT2D eigenvalue weighted by molar-refractivity contribution is 6.01. The fraction of sp³-hybridized carbons (Fsp3) is 0.174. The Labute approximate surface area is 173 Å². The topological polar surface area (TPSA) is 112 Å². The normalized spacial score (nSPS) is 16.3. The number of primary amides is 1. The number of ketones is 1. The number of pyridine rings is 1. The van der Waals surface area contributed by atoms with Crippen molar-refractivity contribution in [1.82, 2.24) is 4.98 Å². The van der Waals surface area contributed by atoms with Crippen LogP contribution in [0.3, 0.4) is 0 Å². The van der Waals surface area contributed by atoms with Crippen LogP contribution in [0.4, 0.5) is 0 Å². The fourth-order valence-electron chi connectivity index (χ4n) is 3.35. The molecular formula is C23H20N2O5. The molecule has 1 aromatic heterocycles. The first-order chi connectivity index (χ1) is 14.6. The molecule has 4 rings (SSSR count). The Balaban J connectivity index is 1.66. The van der Waals surface area contributed by atoms with Crippen molar-refractivity contribution in [1.29, 1.82) is 0 Å². The molecule has 1 unspecified atom stereocenters. The van der Waals surface area contributed by atoms with Crippen molar-refractivity contribution < 1.29 is 24.2 Å². The molecule has 7 nitrogen and oxygen atoms in total. The number of rotatable bonds is 6. The van der Waals surface area contributed by atoms with Gasteiger partial charge in [-0.3, -0.25) is 14.6 Å². The molecule has 7 heteroatoms. The molecule has 0 bridgehead atoms. The van der Waals surface area contributed by atoms with Crippen LogP contribution >= 0.6 is 0 Å². The van der Waals surface area contributed by atoms with E-state index in [-0.39, 0.29) is 19.0 Å². The summed E-state index contributed by atoms with van der Waals surface area (Å²) in [6.45, 7) is -0.115. The lowest BCUT2D eigenvalue weighted by Crippen LogP contribution is -2.30. The number of carbonyl (C=O) groups is 2. The summed E-state index contributed by atoms with van der Waals surface area (Å²) in [7, 11) is 0. The summed E-state index contributed by atoms with van der Waals surface area (Å²) < 4.78 is 11.9. The van der Waals surface area contributed by atoms with E-state index >= 15 is 0 Å². The van der Waals surface area contributed by atoms with Gasteiger partial charge < -0.3 is 20.3 Å². The number of aliphatic hydroxyl groups is 1. The Morgan fingerprint density at radius 3 is 2.50 bits per heavy atom. The number of carbonyl (C=O) groups excluding carboxylic acids is 2. The maximum absolute atomic E-state index is 12.4. The third-order valence-corrected chi connectivity index (χ3v) is 5.01. The largest absolute Gasteiger partial charge is 0.492 e. The molecule has 2 atom stereocenters. The Bertz CT molecular complexity index is 1070. The van der Waals surface area contributed by atoms with E-state index in [0.717, 1.165) is 11.1 Å². The molecule has 152 valence electrons. The average molecular weight is 404 g/mol. The van der Waals surface area contributed by atoms with E-state index in [0.29, 0.717) is 22.6 Å². The van der Waals surface area contributed by atoms with E-state index in [9.17, 15) is 14.7 Å². The molecule has 1 amide bonds. The van der Waals surface area contributed by atoms with Gasteiger partial charge in [0.15, 0.2) is 5.78 Å². The molecule has 0 saturated carbocycles. The van der Waals surface area contributed by atoms with Crippen molar-refractivity contribution >= 4 is 11.7 Å². The molecule has 0 spiro atoms. The smallest absolute Gasteiger partial charge is 0.248 e. The summed E-state index contributed by atoms with van der Waals surface area (Å²) >= 11 is 0. The molecule has 2 heterocycles. The first-order valence-electron chi connectivity index (χ1n) is 9.45. The molecule has 1 aliphatic heterocycles. The number of hydrogen-bond acceptors (Lipinski definition) is 6. The highest BCUT2D eigenvalue weighted by Gasteiger charge is 2.29. The Morgan fingerprint density at radius 2 is 1.83 bits per heavy atom. The molecule has 0 radical (unpaired) electrons. The molecular weight excluding hydrogens is 384 g/mol. The molecule has 30 heavy (non-hydrogen) atoms. The number of fused-ring (bicyclic) bond motifs is 1. The van der Waals surface area contributed by atoms with E-state index in [1.807, 2.05) is 12.1 Å². The van der Waals surface area contributed by atoms with Crippen LogP contribution in [0.1, 0.15) is 37.9 Å². The summed E-state index contributed by atoms with van der Waals surface area (Å²) in [6.07, 6.45) is 2.87. The van der Waals surface area contributed by atoms with Gasteiger partial charge in [0.2, 0.25) is 5.91 Å². The second-order valence-corrected chi connectivity index (χ2v) is 6.98. The molecule has 3 N–H and O–H groups in total. The van der Waals surface area contributed by atoms with Crippen molar-refractivity contribution in [2.45, 2.75) is 6.10 Å². The highest BCUT2D eigenvalue weighted by atomic mass is 16.5. The van der Waals surface area contributed by atoms with E-state index in [4.69, 9.17) is 15.2 Å². The van der Waals surface area contributed by atoms with Gasteiger partial charge in [0.05, 0.1) is 18.1 Å². The number of Topliss-reactive ketones (excluding diaryl/α,β-unsaturated/α-hetero) is 1. The average Bonchev–Trinajstić information content (AvgIpc) is 2.78. The minimum Gasteiger partial charge on any atom is -0.492 e. The fourth-order valence-corrected chi connectivity index (χ4v) is 3.35. The van der Waals surface area contributed by atoms with Crippen LogP contribution in [-0.2, 0) is 0 Å². The van der Waals surface area contributed by atoms with Gasteiger partial charge in [0.25, 0.3) is 0 Å². The van der Waals surface area contributed by atoms with Gasteiger partial charge in [0, 0.05) is 24.0 Å². The molecule has 0 fully saturated rings. The zero-order valence-electron chi connectivity index (χ0n) is 16.0. The number of nitrogens with two attached hydrogens (primary N) is 1. The summed E-state index contributed by atoms with van der Waals surface area (Å²) in [5.74, 6) is -0.235. The first-order valence-corrected chi connectivity index (χ1v) is 9.45. The molecule has 2 aromatic carbocycles. The molecule has 1 aliphatic rings. The molecule has 3 aromatic rings. The number of aromatic nitrogens is 1. The van der Waals surface area contributed by atoms with Crippen molar-refractivity contribution in [2.75, 3.05) is 13.2 Å². The lowest BCUT2D eigenvalue weighted by Gasteiger charge is -2.25. The first kappa shape index (κ1) is 19.6. The van der Waals surface area contributed by atoms with Crippen molar-refractivity contribution in [3.05, 3.63) is 89.2 Å². The SMILES string of the molecule is NC(=O)c1ccc([C@@H](Oc2ccc3c(c2)OCC(CO)C3=O)c2ccncc2)cc1. The molecule has 0 aliphatic carbocycles. The second-order valence-electron chi connectivity index (χ2n) is 6.98. The predicted octanol–water partition coefficient (Wildman–Crippen LogP) is 2.53. The predicted molar refractivity (Wildman–Crippen MR) is 109 cm³/mol. The van der Waals surface area contributed by atoms with Gasteiger partial charge in [-0.25, -0.2) is 0 Å². The van der Waals surface area contributed by atoms with Crippen molar-refractivity contribution in [3.63, 3.8) is 0 Å². The van der Waals surface area contributed by atoms with Gasteiger partial charge in [-0.2, -0.15) is 0 Å². The van der Waals surface area contributed by atoms with Crippen LogP contribution in [0.5, 0.6) is 11.5 Å². The van der Waals surface area contributed by atoms with Crippen LogP contribution < -0.4 is 15.2 Å². The highest BCUT2D eigenvalue weighted by Crippen LogP contribution is 2.34. The number of nitrogens with zero attached hydrogens (tertiary/aromatic N) is 1. The monoisotopic (exact) mass is 404 g/mol. The zero-order chi connectivity index (χ0) is 21.1. The quantitative estimate of drug-likeness (QED) is 0.653. The van der Waals surface area contributed by atoms with Crippen LogP contribution in [0.25, 0.3) is 0 Å². The summed E-state index contributed by atoms with van der Waals surface area (Å²) in [5.41, 5.74) is 7.86. The van der Waals surface area contributed by atoms with Gasteiger partial charge in [0.1, 0.15) is 24.2 Å². The molecule has 0 saturated heterocycles. The summed E-state index contributed by atoms with van der Waals surface area (Å²) in [5, 5.41) is 9.31. The van der Waals surface area contributed by atoms with Crippen LogP contribution in [0.2, 0.25) is 0 Å². The van der Waals surface area contributed by atoms with Crippen molar-refractivity contribution in [2.24, 2.45) is 11.7 Å². The third-order valence-electron chi connectivity index (χ3n) is 5.01. The third kappa shape index (κ3) is 3.88. The summed E-state index contributed by atoms with van der Waals surface area (Å²) in [4.78, 5) is 27.8. The Kier molecular flexibility index (Phi) is 5.45. The van der Waals surface area contributed by atoms with Crippen LogP contribution in [0.15, 0.2) is 67.0 Å². The van der Waals surface area contributed by atoms with E-state index in [1.54, 1.807) is 54.9 Å². The van der Waals surface area contributed by atoms with Gasteiger partial charge >= 0.3 is 0 Å².